The Morgan fingerprint density at radius 1 is 1.28 bits per heavy atom. The lowest BCUT2D eigenvalue weighted by Gasteiger charge is -2.39. The van der Waals surface area contributed by atoms with Gasteiger partial charge in [0, 0.05) is 52.0 Å². The summed E-state index contributed by atoms with van der Waals surface area (Å²) in [6.07, 6.45) is 5.24. The highest BCUT2D eigenvalue weighted by Crippen LogP contribution is 2.30. The molecule has 2 heterocycles. The number of carbonyl (C=O) groups is 2. The van der Waals surface area contributed by atoms with Crippen LogP contribution in [0.3, 0.4) is 0 Å². The molecular formula is C23H33FN6O2. The first kappa shape index (κ1) is 23.8. The lowest BCUT2D eigenvalue weighted by atomic mass is 10.1. The minimum atomic E-state index is -0.609. The van der Waals surface area contributed by atoms with Gasteiger partial charge < -0.3 is 15.5 Å². The molecule has 174 valence electrons. The van der Waals surface area contributed by atoms with E-state index in [0.717, 1.165) is 32.4 Å². The number of nitrogens with zero attached hydrogens (tertiary/aromatic N) is 4. The molecule has 1 aliphatic heterocycles. The Bertz CT molecular complexity index is 866. The summed E-state index contributed by atoms with van der Waals surface area (Å²) in [6, 6.07) is 3.69. The van der Waals surface area contributed by atoms with Crippen molar-refractivity contribution in [3.8, 4) is 0 Å². The monoisotopic (exact) mass is 444 g/mol. The van der Waals surface area contributed by atoms with Crippen molar-refractivity contribution >= 4 is 23.2 Å². The molecule has 1 aliphatic carbocycles. The number of nitrogens with one attached hydrogen (secondary N) is 2. The van der Waals surface area contributed by atoms with E-state index in [0.29, 0.717) is 49.4 Å². The molecule has 1 aromatic rings. The quantitative estimate of drug-likeness (QED) is 0.473. The summed E-state index contributed by atoms with van der Waals surface area (Å²) in [5.74, 6) is -0.654. The molecule has 2 N–H and O–H groups in total. The fourth-order valence-corrected chi connectivity index (χ4v) is 4.57. The van der Waals surface area contributed by atoms with E-state index >= 15 is 0 Å². The van der Waals surface area contributed by atoms with Crippen LogP contribution < -0.4 is 15.5 Å². The van der Waals surface area contributed by atoms with Crippen LogP contribution in [0.1, 0.15) is 43.1 Å². The minimum absolute atomic E-state index is 0.0818. The lowest BCUT2D eigenvalue weighted by Crippen LogP contribution is -2.50. The van der Waals surface area contributed by atoms with Crippen molar-refractivity contribution in [1.82, 2.24) is 20.5 Å². The number of rotatable bonds is 8. The summed E-state index contributed by atoms with van der Waals surface area (Å²) in [4.78, 5) is 36.2. The smallest absolute Gasteiger partial charge is 0.269 e. The maximum Gasteiger partial charge on any atom is 0.269 e. The first-order valence-corrected chi connectivity index (χ1v) is 11.3. The number of piperazine rings is 1. The van der Waals surface area contributed by atoms with Gasteiger partial charge in [0.1, 0.15) is 11.4 Å². The van der Waals surface area contributed by atoms with Gasteiger partial charge in [0.25, 0.3) is 11.8 Å². The van der Waals surface area contributed by atoms with Crippen LogP contribution in [0.15, 0.2) is 29.9 Å². The Hall–Kier alpha value is -2.81. The molecule has 2 atom stereocenters. The molecule has 9 heteroatoms. The molecule has 1 saturated heterocycles. The number of halogens is 1. The zero-order valence-electron chi connectivity index (χ0n) is 18.9. The number of hydrogen-bond donors (Lipinski definition) is 2. The van der Waals surface area contributed by atoms with Gasteiger partial charge in [0.15, 0.2) is 0 Å². The van der Waals surface area contributed by atoms with Crippen molar-refractivity contribution < 1.29 is 14.0 Å². The second-order valence-electron chi connectivity index (χ2n) is 8.26. The highest BCUT2D eigenvalue weighted by molar-refractivity contribution is 6.38. The SMILES string of the molecule is C=CN=C(CC)C(=O)NC[C@@H]1CCC(N2CCN(c3ccc(C(=O)NC)nc3F)CC2)C1. The van der Waals surface area contributed by atoms with Crippen molar-refractivity contribution in [1.29, 1.82) is 0 Å². The number of aliphatic imine (C=N–C) groups is 1. The van der Waals surface area contributed by atoms with Crippen molar-refractivity contribution in [2.75, 3.05) is 44.7 Å². The number of pyridine rings is 1. The first-order chi connectivity index (χ1) is 15.5. The zero-order valence-corrected chi connectivity index (χ0v) is 18.9. The fourth-order valence-electron chi connectivity index (χ4n) is 4.57. The molecule has 32 heavy (non-hydrogen) atoms. The van der Waals surface area contributed by atoms with Crippen molar-refractivity contribution in [3.05, 3.63) is 36.6 Å². The molecule has 2 fully saturated rings. The highest BCUT2D eigenvalue weighted by Gasteiger charge is 2.32. The number of aromatic nitrogens is 1. The van der Waals surface area contributed by atoms with E-state index in [-0.39, 0.29) is 11.6 Å². The Morgan fingerprint density at radius 3 is 2.66 bits per heavy atom. The maximum absolute atomic E-state index is 14.5. The Balaban J connectivity index is 1.47. The first-order valence-electron chi connectivity index (χ1n) is 11.3. The lowest BCUT2D eigenvalue weighted by molar-refractivity contribution is -0.115. The standard InChI is InChI=1S/C23H33FN6O2/c1-4-18(26-5-2)23(32)27-15-16-6-7-17(14-16)29-10-12-30(13-11-29)20-9-8-19(22(31)25-3)28-21(20)24/h5,8-9,16-17H,2,4,6-7,10-15H2,1,3H3,(H,25,31)(H,27,32)/t16-,17?/m1/s1. The van der Waals surface area contributed by atoms with Crippen LogP contribution in [0.5, 0.6) is 0 Å². The Morgan fingerprint density at radius 2 is 2.03 bits per heavy atom. The third-order valence-corrected chi connectivity index (χ3v) is 6.37. The van der Waals surface area contributed by atoms with Crippen LogP contribution in [0, 0.1) is 11.9 Å². The molecular weight excluding hydrogens is 411 g/mol. The van der Waals surface area contributed by atoms with Crippen LogP contribution >= 0.6 is 0 Å². The Kier molecular flexibility index (Phi) is 8.33. The molecule has 1 unspecified atom stereocenters. The number of hydrogen-bond acceptors (Lipinski definition) is 6. The van der Waals surface area contributed by atoms with Gasteiger partial charge in [0.2, 0.25) is 5.95 Å². The normalized spacial score (nSPS) is 22.0. The summed E-state index contributed by atoms with van der Waals surface area (Å²) in [5.41, 5.74) is 1.03. The summed E-state index contributed by atoms with van der Waals surface area (Å²) in [7, 11) is 1.50. The van der Waals surface area contributed by atoms with Crippen molar-refractivity contribution in [3.63, 3.8) is 0 Å². The zero-order chi connectivity index (χ0) is 23.1. The van der Waals surface area contributed by atoms with Crippen LogP contribution in [0.2, 0.25) is 0 Å². The predicted molar refractivity (Wildman–Crippen MR) is 123 cm³/mol. The van der Waals surface area contributed by atoms with Crippen molar-refractivity contribution in [2.45, 2.75) is 38.6 Å². The fraction of sp³-hybridized carbons (Fsp3) is 0.565. The van der Waals surface area contributed by atoms with Gasteiger partial charge in [-0.15, -0.1) is 0 Å². The van der Waals surface area contributed by atoms with Crippen molar-refractivity contribution in [2.24, 2.45) is 10.9 Å². The maximum atomic E-state index is 14.5. The average molecular weight is 445 g/mol. The molecule has 0 aromatic carbocycles. The van der Waals surface area contributed by atoms with E-state index in [1.54, 1.807) is 12.1 Å². The van der Waals surface area contributed by atoms with Gasteiger partial charge in [-0.25, -0.2) is 4.98 Å². The van der Waals surface area contributed by atoms with Gasteiger partial charge in [-0.3, -0.25) is 19.5 Å². The van der Waals surface area contributed by atoms with Crippen LogP contribution in [-0.4, -0.2) is 73.2 Å². The third-order valence-electron chi connectivity index (χ3n) is 6.37. The summed E-state index contributed by atoms with van der Waals surface area (Å²) < 4.78 is 14.5. The molecule has 2 amide bonds. The molecule has 1 saturated carbocycles. The predicted octanol–water partition coefficient (Wildman–Crippen LogP) is 1.98. The van der Waals surface area contributed by atoms with E-state index in [1.165, 1.54) is 13.2 Å². The van der Waals surface area contributed by atoms with Crippen LogP contribution in [0.25, 0.3) is 0 Å². The molecule has 0 spiro atoms. The Labute approximate surface area is 189 Å². The van der Waals surface area contributed by atoms with Gasteiger partial charge in [0.05, 0.1) is 5.69 Å². The van der Waals surface area contributed by atoms with Crippen LogP contribution in [-0.2, 0) is 4.79 Å². The molecule has 3 rings (SSSR count). The van der Waals surface area contributed by atoms with Gasteiger partial charge in [-0.05, 0) is 43.7 Å². The van der Waals surface area contributed by atoms with E-state index < -0.39 is 11.9 Å². The second-order valence-corrected chi connectivity index (χ2v) is 8.26. The molecule has 0 bridgehead atoms. The summed E-state index contributed by atoms with van der Waals surface area (Å²) in [5, 5.41) is 5.47. The number of anilines is 1. The number of carbonyl (C=O) groups excluding carboxylic acids is 2. The largest absolute Gasteiger partial charge is 0.365 e. The molecule has 0 radical (unpaired) electrons. The van der Waals surface area contributed by atoms with E-state index in [1.807, 2.05) is 11.8 Å². The molecule has 1 aromatic heterocycles. The highest BCUT2D eigenvalue weighted by atomic mass is 19.1. The van der Waals surface area contributed by atoms with E-state index in [4.69, 9.17) is 0 Å². The topological polar surface area (TPSA) is 89.9 Å². The van der Waals surface area contributed by atoms with E-state index in [9.17, 15) is 14.0 Å². The second kappa shape index (κ2) is 11.2. The summed E-state index contributed by atoms with van der Waals surface area (Å²) >= 11 is 0. The minimum Gasteiger partial charge on any atom is -0.365 e. The van der Waals surface area contributed by atoms with Crippen LogP contribution in [0.4, 0.5) is 10.1 Å². The molecule has 8 nitrogen and oxygen atoms in total. The third kappa shape index (κ3) is 5.70. The van der Waals surface area contributed by atoms with Gasteiger partial charge >= 0.3 is 0 Å². The summed E-state index contributed by atoms with van der Waals surface area (Å²) in [6.45, 7) is 9.27. The number of amides is 2. The van der Waals surface area contributed by atoms with E-state index in [2.05, 4.69) is 32.1 Å². The van der Waals surface area contributed by atoms with Gasteiger partial charge in [-0.2, -0.15) is 4.39 Å². The average Bonchev–Trinajstić information content (AvgIpc) is 3.29. The van der Waals surface area contributed by atoms with Gasteiger partial charge in [-0.1, -0.05) is 13.5 Å². The molecule has 2 aliphatic rings.